The minimum atomic E-state index is -0.219. The van der Waals surface area contributed by atoms with Crippen LogP contribution >= 0.6 is 33.9 Å². The Kier molecular flexibility index (Phi) is 9.03. The number of nitriles is 1. The Hall–Kier alpha value is -6.08. The van der Waals surface area contributed by atoms with E-state index in [0.717, 1.165) is 90.9 Å². The standard InChI is InChI=1S/C49H34IN3O2S/c1-49(2,3)41-26-35(50)23-34(46(41)54)28-52-42-13-6-4-10-39(42)48-53-45-40(38-12-8-11-37-36-9-5-7-14-43(36)55-47(37)38)24-33(25-44(45)56-48)32-21-19-31(20-22-32)30-17-15-29(27-51)16-18-30/h4-26,28,54H,1-3H3/b52-28+. The molecule has 2 heterocycles. The second-order valence-corrected chi connectivity index (χ2v) is 17.1. The summed E-state index contributed by atoms with van der Waals surface area (Å²) in [5, 5.41) is 23.5. The van der Waals surface area contributed by atoms with E-state index in [9.17, 15) is 10.4 Å². The van der Waals surface area contributed by atoms with Crippen molar-refractivity contribution in [1.29, 1.82) is 5.26 Å². The number of hydrogen-bond donors (Lipinski definition) is 1. The highest BCUT2D eigenvalue weighted by atomic mass is 127. The number of thiazole rings is 1. The maximum absolute atomic E-state index is 11.3. The quantitative estimate of drug-likeness (QED) is 0.133. The van der Waals surface area contributed by atoms with Crippen LogP contribution in [0.4, 0.5) is 5.69 Å². The molecule has 5 nitrogen and oxygen atoms in total. The monoisotopic (exact) mass is 855 g/mol. The van der Waals surface area contributed by atoms with Crippen molar-refractivity contribution in [3.63, 3.8) is 0 Å². The summed E-state index contributed by atoms with van der Waals surface area (Å²) >= 11 is 3.93. The number of halogens is 1. The normalized spacial score (nSPS) is 11.9. The zero-order valence-electron chi connectivity index (χ0n) is 30.8. The van der Waals surface area contributed by atoms with Crippen LogP contribution < -0.4 is 0 Å². The summed E-state index contributed by atoms with van der Waals surface area (Å²) in [6, 6.07) is 49.4. The third kappa shape index (κ3) is 6.55. The first-order valence-corrected chi connectivity index (χ1v) is 20.2. The number of nitrogens with zero attached hydrogens (tertiary/aromatic N) is 3. The van der Waals surface area contributed by atoms with Crippen LogP contribution in [0.1, 0.15) is 37.5 Å². The van der Waals surface area contributed by atoms with Crippen molar-refractivity contribution in [1.82, 2.24) is 4.98 Å². The highest BCUT2D eigenvalue weighted by Gasteiger charge is 2.22. The molecule has 0 fully saturated rings. The highest BCUT2D eigenvalue weighted by molar-refractivity contribution is 14.1. The summed E-state index contributed by atoms with van der Waals surface area (Å²) in [6.07, 6.45) is 1.76. The molecular formula is C49H34IN3O2S. The van der Waals surface area contributed by atoms with Gasteiger partial charge in [0.25, 0.3) is 0 Å². The van der Waals surface area contributed by atoms with Crippen molar-refractivity contribution in [3.05, 3.63) is 160 Å². The van der Waals surface area contributed by atoms with Gasteiger partial charge in [0, 0.05) is 48.4 Å². The molecule has 0 atom stereocenters. The molecule has 7 heteroatoms. The Morgan fingerprint density at radius 3 is 2.14 bits per heavy atom. The summed E-state index contributed by atoms with van der Waals surface area (Å²) in [4.78, 5) is 10.3. The van der Waals surface area contributed by atoms with E-state index in [-0.39, 0.29) is 11.2 Å². The largest absolute Gasteiger partial charge is 0.507 e. The second kappa shape index (κ2) is 14.2. The van der Waals surface area contributed by atoms with Gasteiger partial charge in [-0.15, -0.1) is 11.3 Å². The Balaban J connectivity index is 1.19. The lowest BCUT2D eigenvalue weighted by molar-refractivity contribution is 0.445. The molecule has 0 unspecified atom stereocenters. The summed E-state index contributed by atoms with van der Waals surface area (Å²) in [7, 11) is 0. The van der Waals surface area contributed by atoms with Gasteiger partial charge >= 0.3 is 0 Å². The van der Waals surface area contributed by atoms with Gasteiger partial charge in [0.15, 0.2) is 0 Å². The number of furan rings is 1. The maximum Gasteiger partial charge on any atom is 0.143 e. The molecule has 0 aliphatic carbocycles. The Labute approximate surface area is 342 Å². The third-order valence-electron chi connectivity index (χ3n) is 10.1. The maximum atomic E-state index is 11.3. The smallest absolute Gasteiger partial charge is 0.143 e. The van der Waals surface area contributed by atoms with E-state index >= 15 is 0 Å². The van der Waals surface area contributed by atoms with Crippen LogP contribution in [0.2, 0.25) is 0 Å². The van der Waals surface area contributed by atoms with E-state index in [4.69, 9.17) is 14.4 Å². The number of para-hydroxylation sites is 3. The molecule has 0 saturated heterocycles. The van der Waals surface area contributed by atoms with E-state index in [1.165, 1.54) is 0 Å². The fraction of sp³-hybridized carbons (Fsp3) is 0.0816. The molecule has 0 aliphatic rings. The molecule has 9 rings (SSSR count). The van der Waals surface area contributed by atoms with Crippen LogP contribution in [0.25, 0.3) is 76.1 Å². The van der Waals surface area contributed by atoms with Crippen LogP contribution in [0, 0.1) is 14.9 Å². The van der Waals surface area contributed by atoms with Crippen molar-refractivity contribution < 1.29 is 9.52 Å². The fourth-order valence-corrected chi connectivity index (χ4v) is 8.98. The van der Waals surface area contributed by atoms with Gasteiger partial charge in [-0.05, 0) is 105 Å². The third-order valence-corrected chi connectivity index (χ3v) is 11.8. The zero-order chi connectivity index (χ0) is 38.6. The first kappa shape index (κ1) is 35.6. The highest BCUT2D eigenvalue weighted by Crippen LogP contribution is 2.44. The number of aromatic hydroxyl groups is 1. The van der Waals surface area contributed by atoms with E-state index in [1.54, 1.807) is 17.6 Å². The van der Waals surface area contributed by atoms with E-state index in [1.807, 2.05) is 72.8 Å². The lowest BCUT2D eigenvalue weighted by atomic mass is 9.85. The molecule has 0 spiro atoms. The molecule has 9 aromatic rings. The van der Waals surface area contributed by atoms with Crippen molar-refractivity contribution in [2.75, 3.05) is 0 Å². The molecule has 0 saturated carbocycles. The molecular weight excluding hydrogens is 822 g/mol. The predicted octanol–water partition coefficient (Wildman–Crippen LogP) is 14.1. The van der Waals surface area contributed by atoms with Crippen LogP contribution in [0.5, 0.6) is 5.75 Å². The second-order valence-electron chi connectivity index (χ2n) is 14.9. The Bertz CT molecular complexity index is 3040. The number of aliphatic imine (C=N–C) groups is 1. The summed E-state index contributed by atoms with van der Waals surface area (Å²) in [5.41, 5.74) is 12.5. The van der Waals surface area contributed by atoms with Gasteiger partial charge < -0.3 is 9.52 Å². The predicted molar refractivity (Wildman–Crippen MR) is 240 cm³/mol. The van der Waals surface area contributed by atoms with Crippen LogP contribution in [0.15, 0.2) is 149 Å². The number of rotatable bonds is 6. The van der Waals surface area contributed by atoms with Crippen molar-refractivity contribution in [3.8, 4) is 55.8 Å². The van der Waals surface area contributed by atoms with E-state index in [2.05, 4.69) is 116 Å². The SMILES string of the molecule is CC(C)(C)c1cc(I)cc(/C=N/c2ccccc2-c2nc3c(-c4cccc5c4oc4ccccc45)cc(-c4ccc(-c5ccc(C#N)cc5)cc4)cc3s2)c1O. The Morgan fingerprint density at radius 1 is 0.732 bits per heavy atom. The molecule has 270 valence electrons. The average molecular weight is 856 g/mol. The van der Waals surface area contributed by atoms with Gasteiger partial charge in [-0.2, -0.15) is 5.26 Å². The van der Waals surface area contributed by atoms with Gasteiger partial charge in [0.05, 0.1) is 27.5 Å². The lowest BCUT2D eigenvalue weighted by Gasteiger charge is -2.21. The molecule has 2 aromatic heterocycles. The summed E-state index contributed by atoms with van der Waals surface area (Å²) < 4.78 is 8.64. The van der Waals surface area contributed by atoms with E-state index in [0.29, 0.717) is 11.1 Å². The number of phenols is 1. The van der Waals surface area contributed by atoms with Gasteiger partial charge in [-0.25, -0.2) is 4.98 Å². The van der Waals surface area contributed by atoms with Crippen LogP contribution in [-0.2, 0) is 5.41 Å². The topological polar surface area (TPSA) is 82.4 Å². The van der Waals surface area contributed by atoms with E-state index < -0.39 is 0 Å². The minimum absolute atomic E-state index is 0.219. The fourth-order valence-electron chi connectivity index (χ4n) is 7.26. The van der Waals surface area contributed by atoms with Gasteiger partial charge in [-0.1, -0.05) is 106 Å². The number of phenolic OH excluding ortho intramolecular Hbond substituents is 1. The van der Waals surface area contributed by atoms with Gasteiger partial charge in [-0.3, -0.25) is 4.99 Å². The van der Waals surface area contributed by atoms with Crippen LogP contribution in [0.3, 0.4) is 0 Å². The number of hydrogen-bond acceptors (Lipinski definition) is 6. The van der Waals surface area contributed by atoms with Gasteiger partial charge in [0.1, 0.15) is 21.9 Å². The molecule has 56 heavy (non-hydrogen) atoms. The van der Waals surface area contributed by atoms with Gasteiger partial charge in [0.2, 0.25) is 0 Å². The molecule has 1 N–H and O–H groups in total. The molecule has 0 amide bonds. The first-order valence-electron chi connectivity index (χ1n) is 18.3. The van der Waals surface area contributed by atoms with Crippen LogP contribution in [-0.4, -0.2) is 16.3 Å². The average Bonchev–Trinajstić information content (AvgIpc) is 3.82. The molecule has 0 bridgehead atoms. The molecule has 7 aromatic carbocycles. The zero-order valence-corrected chi connectivity index (χ0v) is 33.8. The number of fused-ring (bicyclic) bond motifs is 4. The number of benzene rings is 7. The lowest BCUT2D eigenvalue weighted by Crippen LogP contribution is -2.12. The minimum Gasteiger partial charge on any atom is -0.507 e. The van der Waals surface area contributed by atoms with Crippen molar-refractivity contribution >= 4 is 78.0 Å². The van der Waals surface area contributed by atoms with Crippen molar-refractivity contribution in [2.45, 2.75) is 26.2 Å². The first-order chi connectivity index (χ1) is 27.1. The molecule has 0 aliphatic heterocycles. The van der Waals surface area contributed by atoms with Crippen molar-refractivity contribution in [2.24, 2.45) is 4.99 Å². The molecule has 0 radical (unpaired) electrons. The summed E-state index contributed by atoms with van der Waals surface area (Å²) in [6.45, 7) is 6.30. The summed E-state index contributed by atoms with van der Waals surface area (Å²) in [5.74, 6) is 0.251. The number of aromatic nitrogens is 1. The Morgan fingerprint density at radius 2 is 1.39 bits per heavy atom.